The van der Waals surface area contributed by atoms with E-state index in [2.05, 4.69) is 15.2 Å². The Morgan fingerprint density at radius 3 is 2.31 bits per heavy atom. The molecule has 1 aliphatic rings. The van der Waals surface area contributed by atoms with Gasteiger partial charge in [-0.1, -0.05) is 30.3 Å². The highest BCUT2D eigenvalue weighted by Crippen LogP contribution is 2.29. The molecule has 11 heteroatoms. The number of imidazole rings is 1. The van der Waals surface area contributed by atoms with E-state index in [0.29, 0.717) is 18.7 Å². The Balaban J connectivity index is 0.000000364. The van der Waals surface area contributed by atoms with Crippen LogP contribution in [-0.2, 0) is 17.8 Å². The molecule has 4 aromatic rings. The number of hydrogen-bond acceptors (Lipinski definition) is 4. The fourth-order valence-corrected chi connectivity index (χ4v) is 3.67. The van der Waals surface area contributed by atoms with Gasteiger partial charge in [0.05, 0.1) is 12.0 Å². The summed E-state index contributed by atoms with van der Waals surface area (Å²) in [7, 11) is 0. The molecule has 8 nitrogen and oxygen atoms in total. The van der Waals surface area contributed by atoms with E-state index in [1.807, 2.05) is 70.3 Å². The molecule has 0 aliphatic carbocycles. The summed E-state index contributed by atoms with van der Waals surface area (Å²) >= 11 is 0. The average Bonchev–Trinajstić information content (AvgIpc) is 3.54. The third-order valence-corrected chi connectivity index (χ3v) is 5.43. The summed E-state index contributed by atoms with van der Waals surface area (Å²) in [5, 5.41) is 14.8. The van der Waals surface area contributed by atoms with Gasteiger partial charge in [0, 0.05) is 60.0 Å². The molecule has 180 valence electrons. The van der Waals surface area contributed by atoms with Gasteiger partial charge in [0.2, 0.25) is 0 Å². The second-order valence-corrected chi connectivity index (χ2v) is 7.69. The Kier molecular flexibility index (Phi) is 6.67. The summed E-state index contributed by atoms with van der Waals surface area (Å²) in [4.78, 5) is 27.9. The van der Waals surface area contributed by atoms with Gasteiger partial charge in [-0.3, -0.25) is 9.89 Å². The van der Waals surface area contributed by atoms with Gasteiger partial charge in [0.25, 0.3) is 5.91 Å². The lowest BCUT2D eigenvalue weighted by Gasteiger charge is -2.27. The van der Waals surface area contributed by atoms with Crippen LogP contribution in [0, 0.1) is 0 Å². The number of amides is 1. The zero-order valence-electron chi connectivity index (χ0n) is 18.2. The van der Waals surface area contributed by atoms with Crippen LogP contribution in [0.3, 0.4) is 0 Å². The molecule has 0 spiro atoms. The monoisotopic (exact) mass is 483 g/mol. The Morgan fingerprint density at radius 2 is 1.71 bits per heavy atom. The van der Waals surface area contributed by atoms with Crippen molar-refractivity contribution < 1.29 is 27.9 Å². The third kappa shape index (κ3) is 5.40. The summed E-state index contributed by atoms with van der Waals surface area (Å²) < 4.78 is 33.7. The number of alkyl halides is 3. The highest BCUT2D eigenvalue weighted by atomic mass is 19.4. The molecule has 0 saturated heterocycles. The van der Waals surface area contributed by atoms with Gasteiger partial charge in [-0.05, 0) is 24.3 Å². The van der Waals surface area contributed by atoms with Crippen molar-refractivity contribution >= 4 is 11.9 Å². The van der Waals surface area contributed by atoms with E-state index in [1.54, 1.807) is 12.5 Å². The van der Waals surface area contributed by atoms with E-state index in [4.69, 9.17) is 9.90 Å². The fraction of sp³-hybridized carbons (Fsp3) is 0.167. The summed E-state index contributed by atoms with van der Waals surface area (Å²) in [6, 6.07) is 17.7. The van der Waals surface area contributed by atoms with E-state index >= 15 is 0 Å². The van der Waals surface area contributed by atoms with Crippen molar-refractivity contribution in [2.45, 2.75) is 19.1 Å². The number of nitrogens with one attached hydrogen (secondary N) is 1. The van der Waals surface area contributed by atoms with E-state index in [0.717, 1.165) is 34.6 Å². The normalized spacial score (nSPS) is 12.9. The minimum atomic E-state index is -5.08. The predicted octanol–water partition coefficient (Wildman–Crippen LogP) is 4.09. The topological polar surface area (TPSA) is 104 Å². The van der Waals surface area contributed by atoms with Crippen LogP contribution in [0.1, 0.15) is 21.6 Å². The number of aliphatic carboxylic acids is 1. The maximum atomic E-state index is 13.1. The van der Waals surface area contributed by atoms with Crippen molar-refractivity contribution in [1.29, 1.82) is 0 Å². The van der Waals surface area contributed by atoms with Crippen LogP contribution >= 0.6 is 0 Å². The zero-order chi connectivity index (χ0) is 25.0. The molecule has 0 saturated carbocycles. The van der Waals surface area contributed by atoms with Crippen LogP contribution in [0.25, 0.3) is 16.9 Å². The number of fused-ring (bicyclic) bond motifs is 1. The predicted molar refractivity (Wildman–Crippen MR) is 120 cm³/mol. The number of carboxylic acid groups (broad SMARTS) is 1. The number of halogens is 3. The molecular weight excluding hydrogens is 463 g/mol. The van der Waals surface area contributed by atoms with Gasteiger partial charge in [-0.2, -0.15) is 18.3 Å². The van der Waals surface area contributed by atoms with Gasteiger partial charge in [-0.25, -0.2) is 9.78 Å². The van der Waals surface area contributed by atoms with Crippen LogP contribution in [-0.4, -0.2) is 54.4 Å². The van der Waals surface area contributed by atoms with E-state index in [9.17, 15) is 18.0 Å². The minimum Gasteiger partial charge on any atom is -0.475 e. The Labute approximate surface area is 197 Å². The number of aromatic nitrogens is 4. The summed E-state index contributed by atoms with van der Waals surface area (Å²) in [5.41, 5.74) is 5.91. The number of aromatic amines is 1. The number of nitrogens with zero attached hydrogens (tertiary/aromatic N) is 4. The van der Waals surface area contributed by atoms with Crippen molar-refractivity contribution in [2.24, 2.45) is 0 Å². The zero-order valence-corrected chi connectivity index (χ0v) is 18.2. The highest BCUT2D eigenvalue weighted by Gasteiger charge is 2.38. The first-order valence-electron chi connectivity index (χ1n) is 10.5. The van der Waals surface area contributed by atoms with Crippen molar-refractivity contribution in [3.05, 3.63) is 90.1 Å². The molecular formula is C24H20F3N5O3. The van der Waals surface area contributed by atoms with Gasteiger partial charge in [0.15, 0.2) is 0 Å². The largest absolute Gasteiger partial charge is 0.490 e. The summed E-state index contributed by atoms with van der Waals surface area (Å²) in [6.45, 7) is 1.25. The standard InChI is InChI=1S/C22H19N5O.C2HF3O2/c28-22(17-6-8-18(9-7-17)27-13-11-23-15-27)26-12-10-20-19(14-26)21(25-24-20)16-4-2-1-3-5-16;3-2(4,5)1(6)7/h1-9,11,13,15H,10,12,14H2,(H,24,25);(H,6,7). The molecule has 2 aromatic heterocycles. The van der Waals surface area contributed by atoms with Crippen LogP contribution in [0.4, 0.5) is 13.2 Å². The molecule has 0 bridgehead atoms. The van der Waals surface area contributed by atoms with E-state index in [1.165, 1.54) is 0 Å². The number of rotatable bonds is 3. The number of hydrogen-bond donors (Lipinski definition) is 2. The second-order valence-electron chi connectivity index (χ2n) is 7.69. The van der Waals surface area contributed by atoms with Crippen molar-refractivity contribution in [3.8, 4) is 16.9 Å². The molecule has 0 unspecified atom stereocenters. The Bertz CT molecular complexity index is 1300. The van der Waals surface area contributed by atoms with Crippen molar-refractivity contribution in [3.63, 3.8) is 0 Å². The van der Waals surface area contributed by atoms with Crippen molar-refractivity contribution in [2.75, 3.05) is 6.54 Å². The second kappa shape index (κ2) is 9.84. The number of benzene rings is 2. The quantitative estimate of drug-likeness (QED) is 0.457. The van der Waals surface area contributed by atoms with Gasteiger partial charge in [0.1, 0.15) is 0 Å². The number of carboxylic acids is 1. The number of H-pyrrole nitrogens is 1. The van der Waals surface area contributed by atoms with Crippen LogP contribution in [0.5, 0.6) is 0 Å². The molecule has 35 heavy (non-hydrogen) atoms. The SMILES string of the molecule is O=C(O)C(F)(F)F.O=C(c1ccc(-n2ccnc2)cc1)N1CCc2[nH]nc(-c3ccccc3)c2C1. The van der Waals surface area contributed by atoms with E-state index < -0.39 is 12.1 Å². The lowest BCUT2D eigenvalue weighted by molar-refractivity contribution is -0.192. The molecule has 2 aromatic carbocycles. The van der Waals surface area contributed by atoms with Gasteiger partial charge < -0.3 is 14.6 Å². The maximum Gasteiger partial charge on any atom is 0.490 e. The number of carbonyl (C=O) groups excluding carboxylic acids is 1. The lowest BCUT2D eigenvalue weighted by Crippen LogP contribution is -2.35. The first-order valence-corrected chi connectivity index (χ1v) is 10.5. The molecule has 3 heterocycles. The average molecular weight is 483 g/mol. The molecule has 0 fully saturated rings. The summed E-state index contributed by atoms with van der Waals surface area (Å²) in [5.74, 6) is -2.71. The van der Waals surface area contributed by atoms with Crippen LogP contribution in [0.15, 0.2) is 73.3 Å². The highest BCUT2D eigenvalue weighted by molar-refractivity contribution is 5.94. The van der Waals surface area contributed by atoms with Crippen LogP contribution in [0.2, 0.25) is 0 Å². The molecule has 1 aliphatic heterocycles. The molecule has 0 atom stereocenters. The molecule has 2 N–H and O–H groups in total. The first kappa shape index (κ1) is 23.7. The van der Waals surface area contributed by atoms with Crippen molar-refractivity contribution in [1.82, 2.24) is 24.6 Å². The Morgan fingerprint density at radius 1 is 1.03 bits per heavy atom. The molecule has 0 radical (unpaired) electrons. The first-order chi connectivity index (χ1) is 16.7. The smallest absolute Gasteiger partial charge is 0.475 e. The van der Waals surface area contributed by atoms with Crippen LogP contribution < -0.4 is 0 Å². The fourth-order valence-electron chi connectivity index (χ4n) is 3.67. The number of carbonyl (C=O) groups is 2. The Hall–Kier alpha value is -4.41. The lowest BCUT2D eigenvalue weighted by atomic mass is 10.0. The van der Waals surface area contributed by atoms with Gasteiger partial charge >= 0.3 is 12.1 Å². The minimum absolute atomic E-state index is 0.0445. The molecule has 1 amide bonds. The summed E-state index contributed by atoms with van der Waals surface area (Å²) in [6.07, 6.45) is 1.06. The third-order valence-electron chi connectivity index (χ3n) is 5.43. The van der Waals surface area contributed by atoms with E-state index in [-0.39, 0.29) is 5.91 Å². The maximum absolute atomic E-state index is 13.1. The van der Waals surface area contributed by atoms with Gasteiger partial charge in [-0.15, -0.1) is 0 Å². The molecule has 5 rings (SSSR count).